The Labute approximate surface area is 121 Å². The first-order chi connectivity index (χ1) is 9.06. The van der Waals surface area contributed by atoms with E-state index in [9.17, 15) is 9.50 Å². The van der Waals surface area contributed by atoms with Gasteiger partial charge in [0.15, 0.2) is 0 Å². The van der Waals surface area contributed by atoms with Crippen LogP contribution in [0.2, 0.25) is 0 Å². The molecule has 19 heavy (non-hydrogen) atoms. The first-order valence-corrected chi connectivity index (χ1v) is 7.45. The molecule has 1 aliphatic carbocycles. The van der Waals surface area contributed by atoms with E-state index in [4.69, 9.17) is 5.73 Å². The average Bonchev–Trinajstić information content (AvgIpc) is 2.42. The minimum absolute atomic E-state index is 0.0890. The highest BCUT2D eigenvalue weighted by Gasteiger charge is 2.31. The van der Waals surface area contributed by atoms with Crippen molar-refractivity contribution in [3.05, 3.63) is 22.4 Å². The van der Waals surface area contributed by atoms with Crippen molar-refractivity contribution in [3.8, 4) is 0 Å². The number of rotatable bonds is 4. The van der Waals surface area contributed by atoms with Crippen LogP contribution in [0, 0.1) is 11.2 Å². The SMILES string of the molecule is Nc1cc(Br)c(F)cc1NCC1(CO)CCCCC1. The Bertz CT molecular complexity index is 447. The standard InChI is InChI=1S/C14H20BrFN2O/c15-10-6-12(17)13(7-11(10)16)18-8-14(9-19)4-2-1-3-5-14/h6-7,18-19H,1-5,8-9,17H2. The van der Waals surface area contributed by atoms with E-state index in [-0.39, 0.29) is 17.8 Å². The van der Waals surface area contributed by atoms with Crippen LogP contribution in [0.25, 0.3) is 0 Å². The molecule has 1 aliphatic rings. The molecule has 1 aromatic carbocycles. The molecular formula is C14H20BrFN2O. The maximum Gasteiger partial charge on any atom is 0.139 e. The van der Waals surface area contributed by atoms with E-state index >= 15 is 0 Å². The van der Waals surface area contributed by atoms with Gasteiger partial charge >= 0.3 is 0 Å². The first-order valence-electron chi connectivity index (χ1n) is 6.66. The highest BCUT2D eigenvalue weighted by molar-refractivity contribution is 9.10. The molecule has 0 spiro atoms. The zero-order valence-corrected chi connectivity index (χ0v) is 12.5. The summed E-state index contributed by atoms with van der Waals surface area (Å²) in [4.78, 5) is 0. The van der Waals surface area contributed by atoms with Crippen LogP contribution in [-0.2, 0) is 0 Å². The Kier molecular flexibility index (Phi) is 4.68. The molecule has 0 saturated heterocycles. The second kappa shape index (κ2) is 6.09. The average molecular weight is 331 g/mol. The van der Waals surface area contributed by atoms with Crippen LogP contribution in [0.5, 0.6) is 0 Å². The summed E-state index contributed by atoms with van der Waals surface area (Å²) in [6.45, 7) is 0.799. The third kappa shape index (κ3) is 3.39. The Morgan fingerprint density at radius 3 is 2.63 bits per heavy atom. The summed E-state index contributed by atoms with van der Waals surface area (Å²) in [5.74, 6) is -0.335. The van der Waals surface area contributed by atoms with Crippen molar-refractivity contribution in [1.82, 2.24) is 0 Å². The van der Waals surface area contributed by atoms with Gasteiger partial charge in [-0.3, -0.25) is 0 Å². The predicted molar refractivity (Wildman–Crippen MR) is 79.6 cm³/mol. The van der Waals surface area contributed by atoms with Crippen molar-refractivity contribution in [2.45, 2.75) is 32.1 Å². The van der Waals surface area contributed by atoms with E-state index in [0.717, 1.165) is 25.7 Å². The highest BCUT2D eigenvalue weighted by Crippen LogP contribution is 2.36. The third-order valence-corrected chi connectivity index (χ3v) is 4.60. The molecule has 0 amide bonds. The third-order valence-electron chi connectivity index (χ3n) is 4.00. The molecular weight excluding hydrogens is 311 g/mol. The van der Waals surface area contributed by atoms with Gasteiger partial charge < -0.3 is 16.2 Å². The molecule has 0 radical (unpaired) electrons. The van der Waals surface area contributed by atoms with Gasteiger partial charge in [-0.05, 0) is 34.8 Å². The molecule has 1 fully saturated rings. The minimum atomic E-state index is -0.335. The summed E-state index contributed by atoms with van der Waals surface area (Å²) in [7, 11) is 0. The van der Waals surface area contributed by atoms with Gasteiger partial charge in [0.1, 0.15) is 5.82 Å². The van der Waals surface area contributed by atoms with Gasteiger partial charge in [-0.1, -0.05) is 19.3 Å². The lowest BCUT2D eigenvalue weighted by molar-refractivity contribution is 0.0944. The summed E-state index contributed by atoms with van der Waals surface area (Å²) in [6.07, 6.45) is 5.54. The van der Waals surface area contributed by atoms with Crippen LogP contribution in [0.4, 0.5) is 15.8 Å². The Morgan fingerprint density at radius 2 is 2.00 bits per heavy atom. The number of nitrogen functional groups attached to an aromatic ring is 1. The number of aliphatic hydroxyl groups is 1. The monoisotopic (exact) mass is 330 g/mol. The predicted octanol–water partition coefficient (Wildman–Crippen LogP) is 3.53. The normalized spacial score (nSPS) is 18.3. The second-order valence-corrected chi connectivity index (χ2v) is 6.28. The smallest absolute Gasteiger partial charge is 0.139 e. The minimum Gasteiger partial charge on any atom is -0.397 e. The van der Waals surface area contributed by atoms with Gasteiger partial charge in [0.2, 0.25) is 0 Å². The van der Waals surface area contributed by atoms with Crippen LogP contribution in [0.3, 0.4) is 0 Å². The molecule has 2 rings (SSSR count). The van der Waals surface area contributed by atoms with Crippen molar-refractivity contribution < 1.29 is 9.50 Å². The van der Waals surface area contributed by atoms with Gasteiger partial charge in [-0.25, -0.2) is 4.39 Å². The molecule has 3 nitrogen and oxygen atoms in total. The van der Waals surface area contributed by atoms with E-state index in [2.05, 4.69) is 21.2 Å². The zero-order valence-electron chi connectivity index (χ0n) is 10.9. The second-order valence-electron chi connectivity index (χ2n) is 5.43. The number of hydrogen-bond donors (Lipinski definition) is 3. The highest BCUT2D eigenvalue weighted by atomic mass is 79.9. The van der Waals surface area contributed by atoms with Crippen LogP contribution in [-0.4, -0.2) is 18.3 Å². The number of nitrogens with one attached hydrogen (secondary N) is 1. The van der Waals surface area contributed by atoms with Gasteiger partial charge in [-0.2, -0.15) is 0 Å². The fraction of sp³-hybridized carbons (Fsp3) is 0.571. The van der Waals surface area contributed by atoms with E-state index in [0.29, 0.717) is 22.4 Å². The molecule has 1 saturated carbocycles. The summed E-state index contributed by atoms with van der Waals surface area (Å²) >= 11 is 3.11. The number of aliphatic hydroxyl groups excluding tert-OH is 1. The fourth-order valence-electron chi connectivity index (χ4n) is 2.69. The molecule has 0 bridgehead atoms. The molecule has 0 heterocycles. The van der Waals surface area contributed by atoms with Crippen LogP contribution < -0.4 is 11.1 Å². The Balaban J connectivity index is 2.07. The molecule has 0 aliphatic heterocycles. The molecule has 5 heteroatoms. The number of benzene rings is 1. The van der Waals surface area contributed by atoms with Crippen molar-refractivity contribution in [3.63, 3.8) is 0 Å². The molecule has 4 N–H and O–H groups in total. The van der Waals surface area contributed by atoms with E-state index in [1.54, 1.807) is 6.07 Å². The van der Waals surface area contributed by atoms with E-state index in [1.807, 2.05) is 0 Å². The van der Waals surface area contributed by atoms with E-state index in [1.165, 1.54) is 12.5 Å². The summed E-state index contributed by atoms with van der Waals surface area (Å²) < 4.78 is 13.9. The van der Waals surface area contributed by atoms with Crippen molar-refractivity contribution in [1.29, 1.82) is 0 Å². The van der Waals surface area contributed by atoms with Gasteiger partial charge in [0.05, 0.1) is 22.5 Å². The topological polar surface area (TPSA) is 58.3 Å². The Morgan fingerprint density at radius 1 is 1.32 bits per heavy atom. The van der Waals surface area contributed by atoms with Crippen LogP contribution in [0.15, 0.2) is 16.6 Å². The largest absolute Gasteiger partial charge is 0.397 e. The number of nitrogens with two attached hydrogens (primary N) is 1. The zero-order chi connectivity index (χ0) is 13.9. The molecule has 1 aromatic rings. The van der Waals surface area contributed by atoms with Crippen molar-refractivity contribution in [2.75, 3.05) is 24.2 Å². The fourth-order valence-corrected chi connectivity index (χ4v) is 3.05. The molecule has 0 unspecified atom stereocenters. The number of hydrogen-bond acceptors (Lipinski definition) is 3. The van der Waals surface area contributed by atoms with Gasteiger partial charge in [0.25, 0.3) is 0 Å². The summed E-state index contributed by atoms with van der Waals surface area (Å²) in [5, 5.41) is 12.8. The first kappa shape index (κ1) is 14.6. The van der Waals surface area contributed by atoms with Crippen LogP contribution in [0.1, 0.15) is 32.1 Å². The van der Waals surface area contributed by atoms with Crippen molar-refractivity contribution >= 4 is 27.3 Å². The van der Waals surface area contributed by atoms with Gasteiger partial charge in [0, 0.05) is 18.0 Å². The molecule has 0 atom stereocenters. The lowest BCUT2D eigenvalue weighted by Gasteiger charge is -2.36. The summed E-state index contributed by atoms with van der Waals surface area (Å²) in [6, 6.07) is 2.96. The number of anilines is 2. The van der Waals surface area contributed by atoms with Crippen molar-refractivity contribution in [2.24, 2.45) is 5.41 Å². The Hall–Kier alpha value is -0.810. The summed E-state index contributed by atoms with van der Waals surface area (Å²) in [5.41, 5.74) is 6.89. The quantitative estimate of drug-likeness (QED) is 0.740. The van der Waals surface area contributed by atoms with E-state index < -0.39 is 0 Å². The molecule has 0 aromatic heterocycles. The lowest BCUT2D eigenvalue weighted by Crippen LogP contribution is -2.35. The maximum atomic E-state index is 13.5. The van der Waals surface area contributed by atoms with Gasteiger partial charge in [-0.15, -0.1) is 0 Å². The van der Waals surface area contributed by atoms with Crippen LogP contribution >= 0.6 is 15.9 Å². The lowest BCUT2D eigenvalue weighted by atomic mass is 9.74. The maximum absolute atomic E-state index is 13.5. The molecule has 106 valence electrons. The number of halogens is 2.